The number of anilines is 1. The number of carbonyl (C=O) groups excluding carboxylic acids is 2. The largest absolute Gasteiger partial charge is 0.384 e. The van der Waals surface area contributed by atoms with E-state index in [1.807, 2.05) is 43.7 Å². The minimum Gasteiger partial charge on any atom is -0.384 e. The van der Waals surface area contributed by atoms with Gasteiger partial charge in [-0.1, -0.05) is 17.7 Å². The van der Waals surface area contributed by atoms with Crippen LogP contribution in [0.4, 0.5) is 5.69 Å². The number of benzene rings is 1. The molecular weight excluding hydrogens is 324 g/mol. The Balaban J connectivity index is 2.00. The quantitative estimate of drug-likeness (QED) is 0.745. The predicted molar refractivity (Wildman–Crippen MR) is 96.2 cm³/mol. The van der Waals surface area contributed by atoms with Crippen LogP contribution in [0, 0.1) is 20.8 Å². The maximum absolute atomic E-state index is 12.1. The van der Waals surface area contributed by atoms with Crippen LogP contribution in [0.25, 0.3) is 0 Å². The van der Waals surface area contributed by atoms with E-state index in [9.17, 15) is 14.7 Å². The molecule has 0 spiro atoms. The molecule has 2 rings (SSSR count). The van der Waals surface area contributed by atoms with Gasteiger partial charge in [0.1, 0.15) is 5.60 Å². The highest BCUT2D eigenvalue weighted by molar-refractivity contribution is 7.08. The molecule has 3 N–H and O–H groups in total. The third-order valence-corrected chi connectivity index (χ3v) is 4.54. The van der Waals surface area contributed by atoms with Gasteiger partial charge in [0.25, 0.3) is 0 Å². The number of aliphatic hydroxyl groups is 1. The first-order valence-corrected chi connectivity index (χ1v) is 8.57. The van der Waals surface area contributed by atoms with Crippen molar-refractivity contribution in [1.82, 2.24) is 5.32 Å². The van der Waals surface area contributed by atoms with Gasteiger partial charge in [-0.25, -0.2) is 0 Å². The van der Waals surface area contributed by atoms with Crippen LogP contribution in [0.1, 0.15) is 29.2 Å². The highest BCUT2D eigenvalue weighted by Gasteiger charge is 2.26. The lowest BCUT2D eigenvalue weighted by atomic mass is 9.99. The maximum atomic E-state index is 12.1. The van der Waals surface area contributed by atoms with Gasteiger partial charge in [-0.05, 0) is 61.2 Å². The van der Waals surface area contributed by atoms with E-state index in [0.29, 0.717) is 11.3 Å². The molecular formula is C18H22N2O3S. The number of rotatable bonds is 4. The summed E-state index contributed by atoms with van der Waals surface area (Å²) in [6.45, 7) is 7.30. The van der Waals surface area contributed by atoms with E-state index in [2.05, 4.69) is 10.6 Å². The number of thiophene rings is 1. The van der Waals surface area contributed by atoms with E-state index >= 15 is 0 Å². The second-order valence-corrected chi connectivity index (χ2v) is 6.98. The van der Waals surface area contributed by atoms with Crippen molar-refractivity contribution in [3.8, 4) is 0 Å². The summed E-state index contributed by atoms with van der Waals surface area (Å²) in [6, 6.07) is 5.68. The predicted octanol–water partition coefficient (Wildman–Crippen LogP) is 2.64. The molecule has 1 heterocycles. The molecule has 0 saturated heterocycles. The number of amides is 2. The number of carbonyl (C=O) groups is 2. The second kappa shape index (κ2) is 7.15. The average Bonchev–Trinajstić information content (AvgIpc) is 3.03. The van der Waals surface area contributed by atoms with Crippen LogP contribution < -0.4 is 10.6 Å². The van der Waals surface area contributed by atoms with Gasteiger partial charge in [0.05, 0.1) is 6.54 Å². The molecule has 0 bridgehead atoms. The smallest absolute Gasteiger partial charge is 0.313 e. The summed E-state index contributed by atoms with van der Waals surface area (Å²) >= 11 is 1.46. The lowest BCUT2D eigenvalue weighted by Crippen LogP contribution is -2.43. The molecule has 5 nitrogen and oxygen atoms in total. The molecule has 6 heteroatoms. The van der Waals surface area contributed by atoms with Crippen molar-refractivity contribution in [3.05, 3.63) is 51.2 Å². The Bertz CT molecular complexity index is 729. The molecule has 128 valence electrons. The molecule has 0 saturated carbocycles. The first kappa shape index (κ1) is 18.2. The van der Waals surface area contributed by atoms with Crippen molar-refractivity contribution in [2.24, 2.45) is 0 Å². The zero-order valence-electron chi connectivity index (χ0n) is 14.3. The van der Waals surface area contributed by atoms with Gasteiger partial charge < -0.3 is 15.7 Å². The van der Waals surface area contributed by atoms with Crippen molar-refractivity contribution < 1.29 is 14.7 Å². The van der Waals surface area contributed by atoms with Crippen molar-refractivity contribution in [2.75, 3.05) is 11.9 Å². The Morgan fingerprint density at radius 1 is 1.17 bits per heavy atom. The third-order valence-electron chi connectivity index (χ3n) is 3.86. The fourth-order valence-electron chi connectivity index (χ4n) is 2.55. The van der Waals surface area contributed by atoms with Crippen molar-refractivity contribution in [1.29, 1.82) is 0 Å². The summed E-state index contributed by atoms with van der Waals surface area (Å²) < 4.78 is 0. The summed E-state index contributed by atoms with van der Waals surface area (Å²) in [5, 5.41) is 19.2. The molecule has 1 unspecified atom stereocenters. The monoisotopic (exact) mass is 346 g/mol. The molecule has 2 aromatic rings. The van der Waals surface area contributed by atoms with Crippen molar-refractivity contribution >= 4 is 28.8 Å². The first-order chi connectivity index (χ1) is 11.2. The minimum absolute atomic E-state index is 0.0398. The van der Waals surface area contributed by atoms with Crippen LogP contribution in [-0.4, -0.2) is 23.5 Å². The molecule has 1 aromatic carbocycles. The number of hydrogen-bond acceptors (Lipinski definition) is 4. The van der Waals surface area contributed by atoms with Gasteiger partial charge in [-0.3, -0.25) is 9.59 Å². The normalized spacial score (nSPS) is 13.2. The number of hydrogen-bond donors (Lipinski definition) is 3. The minimum atomic E-state index is -1.22. The zero-order chi connectivity index (χ0) is 17.9. The van der Waals surface area contributed by atoms with Crippen LogP contribution in [0.3, 0.4) is 0 Å². The van der Waals surface area contributed by atoms with E-state index in [4.69, 9.17) is 0 Å². The Hall–Kier alpha value is -2.18. The maximum Gasteiger partial charge on any atom is 0.313 e. The number of aryl methyl sites for hydroxylation is 3. The molecule has 0 radical (unpaired) electrons. The molecule has 24 heavy (non-hydrogen) atoms. The van der Waals surface area contributed by atoms with Gasteiger partial charge in [-0.15, -0.1) is 0 Å². The van der Waals surface area contributed by atoms with E-state index in [1.165, 1.54) is 11.3 Å². The van der Waals surface area contributed by atoms with E-state index in [-0.39, 0.29) is 6.54 Å². The zero-order valence-corrected chi connectivity index (χ0v) is 15.1. The SMILES string of the molecule is Cc1cc(C)c(NC(=O)C(=O)NCC(C)(O)c2ccsc2)c(C)c1. The van der Waals surface area contributed by atoms with E-state index in [0.717, 1.165) is 16.7 Å². The van der Waals surface area contributed by atoms with E-state index < -0.39 is 17.4 Å². The molecule has 0 fully saturated rings. The van der Waals surface area contributed by atoms with Gasteiger partial charge in [0.2, 0.25) is 0 Å². The Kier molecular flexibility index (Phi) is 5.41. The van der Waals surface area contributed by atoms with Crippen LogP contribution in [-0.2, 0) is 15.2 Å². The summed E-state index contributed by atoms with van der Waals surface area (Å²) in [7, 11) is 0. The van der Waals surface area contributed by atoms with Crippen LogP contribution >= 0.6 is 11.3 Å². The van der Waals surface area contributed by atoms with Crippen molar-refractivity contribution in [2.45, 2.75) is 33.3 Å². The standard InChI is InChI=1S/C18H22N2O3S/c1-11-7-12(2)15(13(3)8-11)20-17(22)16(21)19-10-18(4,23)14-5-6-24-9-14/h5-9,23H,10H2,1-4H3,(H,19,21)(H,20,22). The first-order valence-electron chi connectivity index (χ1n) is 7.63. The number of nitrogens with one attached hydrogen (secondary N) is 2. The highest BCUT2D eigenvalue weighted by atomic mass is 32.1. The van der Waals surface area contributed by atoms with E-state index in [1.54, 1.807) is 13.0 Å². The Morgan fingerprint density at radius 3 is 2.33 bits per heavy atom. The molecule has 2 amide bonds. The lowest BCUT2D eigenvalue weighted by molar-refractivity contribution is -0.136. The lowest BCUT2D eigenvalue weighted by Gasteiger charge is -2.22. The fraction of sp³-hybridized carbons (Fsp3) is 0.333. The molecule has 0 aliphatic rings. The topological polar surface area (TPSA) is 78.4 Å². The molecule has 0 aliphatic heterocycles. The van der Waals surface area contributed by atoms with Gasteiger partial charge in [0, 0.05) is 5.69 Å². The highest BCUT2D eigenvalue weighted by Crippen LogP contribution is 2.23. The Labute approximate surface area is 145 Å². The van der Waals surface area contributed by atoms with Gasteiger partial charge in [0.15, 0.2) is 0 Å². The second-order valence-electron chi connectivity index (χ2n) is 6.20. The van der Waals surface area contributed by atoms with Crippen molar-refractivity contribution in [3.63, 3.8) is 0 Å². The Morgan fingerprint density at radius 2 is 1.79 bits per heavy atom. The molecule has 0 aliphatic carbocycles. The fourth-order valence-corrected chi connectivity index (χ4v) is 3.34. The third kappa shape index (κ3) is 4.21. The average molecular weight is 346 g/mol. The molecule has 1 atom stereocenters. The molecule has 1 aromatic heterocycles. The van der Waals surface area contributed by atoms with Gasteiger partial charge >= 0.3 is 11.8 Å². The van der Waals surface area contributed by atoms with Crippen LogP contribution in [0.15, 0.2) is 29.0 Å². The summed E-state index contributed by atoms with van der Waals surface area (Å²) in [5.41, 5.74) is 3.03. The summed E-state index contributed by atoms with van der Waals surface area (Å²) in [5.74, 6) is -1.52. The summed E-state index contributed by atoms with van der Waals surface area (Å²) in [6.07, 6.45) is 0. The van der Waals surface area contributed by atoms with Gasteiger partial charge in [-0.2, -0.15) is 11.3 Å². The van der Waals surface area contributed by atoms with Crippen LogP contribution in [0.5, 0.6) is 0 Å². The van der Waals surface area contributed by atoms with Crippen LogP contribution in [0.2, 0.25) is 0 Å². The summed E-state index contributed by atoms with van der Waals surface area (Å²) in [4.78, 5) is 24.1.